The number of ether oxygens (including phenoxy) is 1. The van der Waals surface area contributed by atoms with Crippen molar-refractivity contribution in [1.82, 2.24) is 4.98 Å². The van der Waals surface area contributed by atoms with Gasteiger partial charge in [0.25, 0.3) is 0 Å². The van der Waals surface area contributed by atoms with Crippen LogP contribution in [0.3, 0.4) is 0 Å². The van der Waals surface area contributed by atoms with Crippen molar-refractivity contribution in [2.75, 3.05) is 6.61 Å². The van der Waals surface area contributed by atoms with Crippen LogP contribution in [0, 0.1) is 0 Å². The fourth-order valence-corrected chi connectivity index (χ4v) is 1.80. The van der Waals surface area contributed by atoms with Crippen molar-refractivity contribution in [3.8, 4) is 0 Å². The molecule has 15 heavy (non-hydrogen) atoms. The van der Waals surface area contributed by atoms with Gasteiger partial charge in [-0.15, -0.1) is 11.3 Å². The van der Waals surface area contributed by atoms with Crippen molar-refractivity contribution in [3.63, 3.8) is 0 Å². The Morgan fingerprint density at radius 3 is 2.80 bits per heavy atom. The predicted octanol–water partition coefficient (Wildman–Crippen LogP) is 3.17. The summed E-state index contributed by atoms with van der Waals surface area (Å²) in [6.45, 7) is 0.753. The quantitative estimate of drug-likeness (QED) is 0.787. The van der Waals surface area contributed by atoms with Gasteiger partial charge in [0.2, 0.25) is 0 Å². The molecule has 0 aliphatic rings. The minimum absolute atomic E-state index is 0.0616. The topological polar surface area (TPSA) is 22.1 Å². The Balaban J connectivity index is 2.31. The van der Waals surface area contributed by atoms with Crippen LogP contribution in [-0.4, -0.2) is 17.8 Å². The van der Waals surface area contributed by atoms with E-state index < -0.39 is 12.8 Å². The van der Waals surface area contributed by atoms with E-state index in [-0.39, 0.29) is 6.61 Å². The van der Waals surface area contributed by atoms with E-state index in [0.717, 1.165) is 18.5 Å². The number of hydrogen-bond donors (Lipinski definition) is 0. The molecule has 0 aliphatic heterocycles. The Hall–Kier alpha value is -0.620. The van der Waals surface area contributed by atoms with Gasteiger partial charge in [-0.25, -0.2) is 4.98 Å². The van der Waals surface area contributed by atoms with Crippen LogP contribution in [-0.2, 0) is 17.8 Å². The van der Waals surface area contributed by atoms with E-state index in [4.69, 9.17) is 0 Å². The fourth-order valence-electron chi connectivity index (χ4n) is 1.04. The maximum atomic E-state index is 11.7. The zero-order valence-electron chi connectivity index (χ0n) is 8.30. The summed E-state index contributed by atoms with van der Waals surface area (Å²) in [6.07, 6.45) is -2.42. The van der Waals surface area contributed by atoms with Crippen LogP contribution in [0.4, 0.5) is 13.2 Å². The minimum atomic E-state index is -4.26. The first-order valence-corrected chi connectivity index (χ1v) is 5.47. The molecule has 0 amide bonds. The summed E-state index contributed by atoms with van der Waals surface area (Å²) in [6, 6.07) is 0. The largest absolute Gasteiger partial charge is 0.411 e. The lowest BCUT2D eigenvalue weighted by molar-refractivity contribution is -0.176. The van der Waals surface area contributed by atoms with Crippen molar-refractivity contribution in [1.29, 1.82) is 0 Å². The van der Waals surface area contributed by atoms with Crippen LogP contribution in [0.25, 0.3) is 0 Å². The third kappa shape index (κ3) is 5.13. The van der Waals surface area contributed by atoms with Crippen LogP contribution in [0.15, 0.2) is 5.38 Å². The summed E-state index contributed by atoms with van der Waals surface area (Å²) in [5.41, 5.74) is 0.924. The van der Waals surface area contributed by atoms with Gasteiger partial charge in [-0.3, -0.25) is 0 Å². The average Bonchev–Trinajstić information content (AvgIpc) is 2.51. The zero-order chi connectivity index (χ0) is 11.3. The molecule has 1 aromatic heterocycles. The summed E-state index contributed by atoms with van der Waals surface area (Å²) in [5, 5.41) is 2.46. The van der Waals surface area contributed by atoms with Crippen molar-refractivity contribution in [2.45, 2.75) is 32.5 Å². The molecular weight excluding hydrogens is 227 g/mol. The lowest BCUT2D eigenvalue weighted by atomic mass is 10.3. The fraction of sp³-hybridized carbons (Fsp3) is 0.667. The van der Waals surface area contributed by atoms with Gasteiger partial charge >= 0.3 is 6.18 Å². The molecule has 0 radical (unpaired) electrons. The molecule has 0 atom stereocenters. The van der Waals surface area contributed by atoms with E-state index in [9.17, 15) is 13.2 Å². The Bertz CT molecular complexity index is 298. The van der Waals surface area contributed by atoms with Gasteiger partial charge in [-0.2, -0.15) is 13.2 Å². The van der Waals surface area contributed by atoms with E-state index in [1.54, 1.807) is 0 Å². The monoisotopic (exact) mass is 239 g/mol. The number of aryl methyl sites for hydroxylation is 1. The van der Waals surface area contributed by atoms with E-state index >= 15 is 0 Å². The highest BCUT2D eigenvalue weighted by Gasteiger charge is 2.27. The molecule has 2 nitrogen and oxygen atoms in total. The summed E-state index contributed by atoms with van der Waals surface area (Å²) in [7, 11) is 0. The molecule has 0 saturated heterocycles. The maximum Gasteiger partial charge on any atom is 0.411 e. The smallest absolute Gasteiger partial charge is 0.365 e. The van der Waals surface area contributed by atoms with Gasteiger partial charge in [0, 0.05) is 5.38 Å². The normalized spacial score (nSPS) is 12.0. The number of aromatic nitrogens is 1. The lowest BCUT2D eigenvalue weighted by Gasteiger charge is -2.05. The molecule has 1 rings (SSSR count). The highest BCUT2D eigenvalue weighted by atomic mass is 32.1. The zero-order valence-corrected chi connectivity index (χ0v) is 9.12. The minimum Gasteiger partial charge on any atom is -0.365 e. The molecule has 1 aromatic rings. The van der Waals surface area contributed by atoms with Crippen LogP contribution in [0.2, 0.25) is 0 Å². The highest BCUT2D eigenvalue weighted by Crippen LogP contribution is 2.17. The Kier molecular flexibility index (Phi) is 4.53. The van der Waals surface area contributed by atoms with Crippen LogP contribution >= 0.6 is 11.3 Å². The molecule has 0 spiro atoms. The molecule has 1 heterocycles. The SMILES string of the molecule is CCCc1csc(COCC(F)(F)F)n1. The lowest BCUT2D eigenvalue weighted by Crippen LogP contribution is -2.16. The van der Waals surface area contributed by atoms with Crippen LogP contribution in [0.1, 0.15) is 24.0 Å². The Morgan fingerprint density at radius 1 is 1.47 bits per heavy atom. The van der Waals surface area contributed by atoms with Gasteiger partial charge in [0.15, 0.2) is 0 Å². The van der Waals surface area contributed by atoms with Crippen molar-refractivity contribution in [3.05, 3.63) is 16.1 Å². The Labute approximate surface area is 90.1 Å². The van der Waals surface area contributed by atoms with Crippen LogP contribution in [0.5, 0.6) is 0 Å². The molecule has 86 valence electrons. The molecule has 0 aromatic carbocycles. The number of hydrogen-bond acceptors (Lipinski definition) is 3. The number of thiazole rings is 1. The first-order valence-electron chi connectivity index (χ1n) is 4.59. The van der Waals surface area contributed by atoms with Crippen LogP contribution < -0.4 is 0 Å². The van der Waals surface area contributed by atoms with Crippen molar-refractivity contribution in [2.24, 2.45) is 0 Å². The number of nitrogens with zero attached hydrogens (tertiary/aromatic N) is 1. The number of halogens is 3. The van der Waals surface area contributed by atoms with Gasteiger partial charge in [-0.1, -0.05) is 13.3 Å². The Morgan fingerprint density at radius 2 is 2.20 bits per heavy atom. The van der Waals surface area contributed by atoms with E-state index in [0.29, 0.717) is 5.01 Å². The van der Waals surface area contributed by atoms with Crippen molar-refractivity contribution < 1.29 is 17.9 Å². The van der Waals surface area contributed by atoms with Crippen molar-refractivity contribution >= 4 is 11.3 Å². The second-order valence-corrected chi connectivity index (χ2v) is 4.03. The number of alkyl halides is 3. The summed E-state index contributed by atoms with van der Waals surface area (Å²) < 4.78 is 39.7. The van der Waals surface area contributed by atoms with E-state index in [2.05, 4.69) is 9.72 Å². The number of rotatable bonds is 5. The summed E-state index contributed by atoms with van der Waals surface area (Å²) in [5.74, 6) is 0. The summed E-state index contributed by atoms with van der Waals surface area (Å²) in [4.78, 5) is 4.15. The molecule has 0 N–H and O–H groups in total. The standard InChI is InChI=1S/C9H12F3NOS/c1-2-3-7-5-15-8(13-7)4-14-6-9(10,11)12/h5H,2-4,6H2,1H3. The maximum absolute atomic E-state index is 11.7. The van der Waals surface area contributed by atoms with E-state index in [1.165, 1.54) is 11.3 Å². The third-order valence-corrected chi connectivity index (χ3v) is 2.47. The molecule has 0 fully saturated rings. The molecule has 6 heteroatoms. The molecular formula is C9H12F3NOS. The van der Waals surface area contributed by atoms with Gasteiger partial charge < -0.3 is 4.74 Å². The van der Waals surface area contributed by atoms with Gasteiger partial charge in [0.1, 0.15) is 11.6 Å². The van der Waals surface area contributed by atoms with Gasteiger partial charge in [0.05, 0.1) is 12.3 Å². The highest BCUT2D eigenvalue weighted by molar-refractivity contribution is 7.09. The average molecular weight is 239 g/mol. The summed E-state index contributed by atoms with van der Waals surface area (Å²) >= 11 is 1.34. The van der Waals surface area contributed by atoms with E-state index in [1.807, 2.05) is 12.3 Å². The third-order valence-electron chi connectivity index (χ3n) is 1.60. The van der Waals surface area contributed by atoms with Gasteiger partial charge in [-0.05, 0) is 6.42 Å². The second kappa shape index (κ2) is 5.46. The predicted molar refractivity (Wildman–Crippen MR) is 51.8 cm³/mol. The molecule has 0 bridgehead atoms. The molecule has 0 unspecified atom stereocenters. The first kappa shape index (κ1) is 12.4. The molecule has 0 saturated carbocycles. The second-order valence-electron chi connectivity index (χ2n) is 3.09. The first-order chi connectivity index (χ1) is 7.01. The molecule has 0 aliphatic carbocycles.